The molecule has 1 aromatic heterocycles. The molecule has 0 bridgehead atoms. The number of anilines is 1. The first-order chi connectivity index (χ1) is 13.8. The van der Waals surface area contributed by atoms with Crippen LogP contribution >= 0.6 is 11.8 Å². The van der Waals surface area contributed by atoms with E-state index in [1.165, 1.54) is 30.3 Å². The fourth-order valence-corrected chi connectivity index (χ4v) is 2.97. The van der Waals surface area contributed by atoms with Crippen LogP contribution in [0.1, 0.15) is 5.56 Å². The van der Waals surface area contributed by atoms with Crippen LogP contribution in [0, 0.1) is 27.2 Å². The number of nitro groups is 2. The minimum Gasteiger partial charge on any atom is -0.411 e. The molecular formula is C17H13N5O6S. The number of nitro benzene ring substituents is 2. The van der Waals surface area contributed by atoms with Crippen molar-refractivity contribution >= 4 is 34.7 Å². The summed E-state index contributed by atoms with van der Waals surface area (Å²) < 4.78 is 5.43. The van der Waals surface area contributed by atoms with Gasteiger partial charge in [0.05, 0.1) is 26.9 Å². The summed E-state index contributed by atoms with van der Waals surface area (Å²) in [7, 11) is 0. The number of nitrogens with zero attached hydrogens (tertiary/aromatic N) is 4. The Morgan fingerprint density at radius 1 is 1.14 bits per heavy atom. The molecule has 1 heterocycles. The summed E-state index contributed by atoms with van der Waals surface area (Å²) in [5.74, 6) is -0.390. The normalized spacial score (nSPS) is 10.5. The maximum absolute atomic E-state index is 12.1. The number of non-ortho nitro benzene ring substituents is 1. The zero-order valence-electron chi connectivity index (χ0n) is 14.9. The Kier molecular flexibility index (Phi) is 5.83. The lowest BCUT2D eigenvalue weighted by molar-refractivity contribution is -0.385. The van der Waals surface area contributed by atoms with Crippen LogP contribution in [0.5, 0.6) is 0 Å². The molecule has 12 heteroatoms. The van der Waals surface area contributed by atoms with Crippen molar-refractivity contribution in [2.45, 2.75) is 12.1 Å². The number of aromatic nitrogens is 2. The maximum Gasteiger partial charge on any atom is 0.277 e. The highest BCUT2D eigenvalue weighted by Gasteiger charge is 2.17. The van der Waals surface area contributed by atoms with Gasteiger partial charge in [0.15, 0.2) is 0 Å². The SMILES string of the molecule is Cc1c(NC(=O)CSc2nnc(-c3cccc([N+](=O)[O-])c3)o2)cccc1[N+](=O)[O-]. The molecule has 3 rings (SSSR count). The van der Waals surface area contributed by atoms with E-state index in [0.717, 1.165) is 11.8 Å². The maximum atomic E-state index is 12.1. The number of carbonyl (C=O) groups is 1. The third kappa shape index (κ3) is 4.73. The van der Waals surface area contributed by atoms with E-state index in [-0.39, 0.29) is 28.2 Å². The third-order valence-corrected chi connectivity index (χ3v) is 4.63. The average molecular weight is 415 g/mol. The van der Waals surface area contributed by atoms with Crippen LogP contribution in [0.15, 0.2) is 52.1 Å². The first kappa shape index (κ1) is 19.9. The molecular weight excluding hydrogens is 402 g/mol. The molecule has 0 aliphatic rings. The predicted molar refractivity (Wildman–Crippen MR) is 104 cm³/mol. The second-order valence-corrected chi connectivity index (χ2v) is 6.65. The molecule has 0 radical (unpaired) electrons. The van der Waals surface area contributed by atoms with Gasteiger partial charge in [0.2, 0.25) is 11.8 Å². The molecule has 2 aromatic carbocycles. The van der Waals surface area contributed by atoms with Crippen molar-refractivity contribution in [3.63, 3.8) is 0 Å². The Hall–Kier alpha value is -3.80. The molecule has 11 nitrogen and oxygen atoms in total. The van der Waals surface area contributed by atoms with Crippen molar-refractivity contribution < 1.29 is 19.1 Å². The summed E-state index contributed by atoms with van der Waals surface area (Å²) in [5.41, 5.74) is 0.875. The molecule has 148 valence electrons. The molecule has 0 fully saturated rings. The molecule has 29 heavy (non-hydrogen) atoms. The third-order valence-electron chi connectivity index (χ3n) is 3.81. The monoisotopic (exact) mass is 415 g/mol. The van der Waals surface area contributed by atoms with Crippen LogP contribution in [0.2, 0.25) is 0 Å². The highest BCUT2D eigenvalue weighted by molar-refractivity contribution is 7.99. The van der Waals surface area contributed by atoms with Gasteiger partial charge in [-0.15, -0.1) is 10.2 Å². The molecule has 1 N–H and O–H groups in total. The van der Waals surface area contributed by atoms with E-state index in [4.69, 9.17) is 4.42 Å². The molecule has 1 amide bonds. The van der Waals surface area contributed by atoms with Crippen LogP contribution in [0.3, 0.4) is 0 Å². The lowest BCUT2D eigenvalue weighted by atomic mass is 10.1. The second kappa shape index (κ2) is 8.48. The summed E-state index contributed by atoms with van der Waals surface area (Å²) in [6.45, 7) is 1.55. The average Bonchev–Trinajstić information content (AvgIpc) is 3.17. The Morgan fingerprint density at radius 2 is 1.90 bits per heavy atom. The van der Waals surface area contributed by atoms with Gasteiger partial charge in [0.25, 0.3) is 16.6 Å². The van der Waals surface area contributed by atoms with Crippen LogP contribution in [0.4, 0.5) is 17.1 Å². The van der Waals surface area contributed by atoms with Crippen molar-refractivity contribution in [2.24, 2.45) is 0 Å². The van der Waals surface area contributed by atoms with E-state index in [1.54, 1.807) is 19.1 Å². The summed E-state index contributed by atoms with van der Waals surface area (Å²) in [6, 6.07) is 10.1. The standard InChI is InChI=1S/C17H13N5O6S/c1-10-13(6-3-7-14(10)22(26)27)18-15(23)9-29-17-20-19-16(28-17)11-4-2-5-12(8-11)21(24)25/h2-8H,9H2,1H3,(H,18,23). The lowest BCUT2D eigenvalue weighted by Gasteiger charge is -2.07. The quantitative estimate of drug-likeness (QED) is 0.346. The topological polar surface area (TPSA) is 154 Å². The van der Waals surface area contributed by atoms with Crippen LogP contribution in [-0.2, 0) is 4.79 Å². The molecule has 0 saturated carbocycles. The zero-order chi connectivity index (χ0) is 21.0. The van der Waals surface area contributed by atoms with E-state index in [2.05, 4.69) is 15.5 Å². The second-order valence-electron chi connectivity index (χ2n) is 5.72. The zero-order valence-corrected chi connectivity index (χ0v) is 15.7. The van der Waals surface area contributed by atoms with Gasteiger partial charge in [-0.2, -0.15) is 0 Å². The number of thioether (sulfide) groups is 1. The van der Waals surface area contributed by atoms with Gasteiger partial charge < -0.3 is 9.73 Å². The number of amides is 1. The molecule has 3 aromatic rings. The Bertz CT molecular complexity index is 1100. The number of benzene rings is 2. The Balaban J connectivity index is 1.64. The summed E-state index contributed by atoms with van der Waals surface area (Å²) in [4.78, 5) is 32.9. The fourth-order valence-electron chi connectivity index (χ4n) is 2.41. The summed E-state index contributed by atoms with van der Waals surface area (Å²) in [5, 5.41) is 32.2. The van der Waals surface area contributed by atoms with Gasteiger partial charge in [-0.1, -0.05) is 23.9 Å². The van der Waals surface area contributed by atoms with Gasteiger partial charge >= 0.3 is 0 Å². The highest BCUT2D eigenvalue weighted by atomic mass is 32.2. The first-order valence-electron chi connectivity index (χ1n) is 8.10. The minimum atomic E-state index is -0.532. The molecule has 0 spiro atoms. The number of hydrogen-bond acceptors (Lipinski definition) is 9. The van der Waals surface area contributed by atoms with Gasteiger partial charge in [0.1, 0.15) is 0 Å². The number of hydrogen-bond donors (Lipinski definition) is 1. The molecule has 0 aliphatic carbocycles. The van der Waals surface area contributed by atoms with E-state index in [9.17, 15) is 25.0 Å². The number of carbonyl (C=O) groups excluding carboxylic acids is 1. The van der Waals surface area contributed by atoms with Crippen LogP contribution in [-0.4, -0.2) is 31.7 Å². The predicted octanol–water partition coefficient (Wildman–Crippen LogP) is 3.59. The van der Waals surface area contributed by atoms with E-state index < -0.39 is 15.8 Å². The van der Waals surface area contributed by atoms with Crippen molar-refractivity contribution in [1.29, 1.82) is 0 Å². The Labute approximate surface area is 167 Å². The first-order valence-corrected chi connectivity index (χ1v) is 9.08. The van der Waals surface area contributed by atoms with Gasteiger partial charge in [0, 0.05) is 23.8 Å². The highest BCUT2D eigenvalue weighted by Crippen LogP contribution is 2.27. The summed E-state index contributed by atoms with van der Waals surface area (Å²) >= 11 is 0.970. The summed E-state index contributed by atoms with van der Waals surface area (Å²) in [6.07, 6.45) is 0. The molecule has 0 saturated heterocycles. The largest absolute Gasteiger partial charge is 0.411 e. The molecule has 0 aliphatic heterocycles. The Morgan fingerprint density at radius 3 is 2.62 bits per heavy atom. The fraction of sp³-hybridized carbons (Fsp3) is 0.118. The van der Waals surface area contributed by atoms with Gasteiger partial charge in [-0.25, -0.2) is 0 Å². The van der Waals surface area contributed by atoms with E-state index in [1.807, 2.05) is 0 Å². The van der Waals surface area contributed by atoms with Gasteiger partial charge in [-0.05, 0) is 19.1 Å². The van der Waals surface area contributed by atoms with Crippen molar-refractivity contribution in [2.75, 3.05) is 11.1 Å². The van der Waals surface area contributed by atoms with Crippen LogP contribution in [0.25, 0.3) is 11.5 Å². The molecule has 0 atom stereocenters. The van der Waals surface area contributed by atoms with E-state index >= 15 is 0 Å². The number of rotatable bonds is 7. The van der Waals surface area contributed by atoms with Crippen molar-refractivity contribution in [1.82, 2.24) is 10.2 Å². The van der Waals surface area contributed by atoms with Crippen molar-refractivity contribution in [3.05, 3.63) is 68.3 Å². The molecule has 0 unspecified atom stereocenters. The lowest BCUT2D eigenvalue weighted by Crippen LogP contribution is -2.15. The van der Waals surface area contributed by atoms with E-state index in [0.29, 0.717) is 16.8 Å². The smallest absolute Gasteiger partial charge is 0.277 e. The number of nitrogens with one attached hydrogen (secondary N) is 1. The van der Waals surface area contributed by atoms with Gasteiger partial charge in [-0.3, -0.25) is 25.0 Å². The van der Waals surface area contributed by atoms with Crippen LogP contribution < -0.4 is 5.32 Å². The van der Waals surface area contributed by atoms with Crippen molar-refractivity contribution in [3.8, 4) is 11.5 Å². The minimum absolute atomic E-state index is 0.0707.